The number of hydrogen-bond donors (Lipinski definition) is 1. The van der Waals surface area contributed by atoms with Gasteiger partial charge < -0.3 is 19.5 Å². The van der Waals surface area contributed by atoms with Gasteiger partial charge in [-0.05, 0) is 55.7 Å². The monoisotopic (exact) mass is 371 g/mol. The molecule has 0 aliphatic carbocycles. The highest BCUT2D eigenvalue weighted by Crippen LogP contribution is 2.14. The number of methoxy groups -OCH3 is 1. The highest BCUT2D eigenvalue weighted by Gasteiger charge is 2.17. The Hall–Kier alpha value is -3.02. The van der Waals surface area contributed by atoms with E-state index in [0.717, 1.165) is 16.9 Å². The van der Waals surface area contributed by atoms with E-state index in [9.17, 15) is 9.59 Å². The smallest absolute Gasteiger partial charge is 0.347 e. The van der Waals surface area contributed by atoms with E-state index in [4.69, 9.17) is 14.2 Å². The molecule has 0 bridgehead atoms. The fourth-order valence-corrected chi connectivity index (χ4v) is 2.38. The first-order valence-corrected chi connectivity index (χ1v) is 8.77. The van der Waals surface area contributed by atoms with Crippen molar-refractivity contribution in [1.82, 2.24) is 5.32 Å². The standard InChI is InChI=1S/C21H25NO5/c1-15-5-4-6-19(13-15)27-16(2)21(24)26-14-20(23)22-12-11-17-7-9-18(25-3)10-8-17/h4-10,13,16H,11-12,14H2,1-3H3,(H,22,23)/t16-/m1/s1. The summed E-state index contributed by atoms with van der Waals surface area (Å²) >= 11 is 0. The maximum Gasteiger partial charge on any atom is 0.347 e. The lowest BCUT2D eigenvalue weighted by Crippen LogP contribution is -2.33. The van der Waals surface area contributed by atoms with Crippen molar-refractivity contribution in [3.05, 3.63) is 59.7 Å². The van der Waals surface area contributed by atoms with Gasteiger partial charge in [0.05, 0.1) is 7.11 Å². The van der Waals surface area contributed by atoms with Crippen LogP contribution in [-0.4, -0.2) is 38.2 Å². The van der Waals surface area contributed by atoms with Gasteiger partial charge in [0.1, 0.15) is 11.5 Å². The molecule has 6 heteroatoms. The highest BCUT2D eigenvalue weighted by molar-refractivity contribution is 5.81. The first-order valence-electron chi connectivity index (χ1n) is 8.77. The van der Waals surface area contributed by atoms with Crippen LogP contribution >= 0.6 is 0 Å². The van der Waals surface area contributed by atoms with E-state index in [2.05, 4.69) is 5.32 Å². The molecule has 0 spiro atoms. The lowest BCUT2D eigenvalue weighted by molar-refractivity contribution is -0.154. The second-order valence-electron chi connectivity index (χ2n) is 6.13. The number of aryl methyl sites for hydroxylation is 1. The van der Waals surface area contributed by atoms with E-state index in [1.165, 1.54) is 0 Å². The molecule has 1 atom stereocenters. The maximum absolute atomic E-state index is 12.0. The van der Waals surface area contributed by atoms with Crippen LogP contribution in [0.25, 0.3) is 0 Å². The van der Waals surface area contributed by atoms with Gasteiger partial charge in [0.15, 0.2) is 12.7 Å². The van der Waals surface area contributed by atoms with Gasteiger partial charge in [0.2, 0.25) is 0 Å². The SMILES string of the molecule is COc1ccc(CCNC(=O)COC(=O)[C@@H](C)Oc2cccc(C)c2)cc1. The average Bonchev–Trinajstić information content (AvgIpc) is 2.66. The summed E-state index contributed by atoms with van der Waals surface area (Å²) in [7, 11) is 1.61. The van der Waals surface area contributed by atoms with Crippen LogP contribution in [0.3, 0.4) is 0 Å². The number of carbonyl (C=O) groups is 2. The lowest BCUT2D eigenvalue weighted by atomic mass is 10.1. The molecule has 2 aromatic carbocycles. The van der Waals surface area contributed by atoms with Crippen molar-refractivity contribution in [2.45, 2.75) is 26.4 Å². The Kier molecular flexibility index (Phi) is 7.67. The molecule has 0 fully saturated rings. The Balaban J connectivity index is 1.67. The number of esters is 1. The second kappa shape index (κ2) is 10.2. The zero-order valence-electron chi connectivity index (χ0n) is 15.9. The van der Waals surface area contributed by atoms with Gasteiger partial charge in [-0.3, -0.25) is 4.79 Å². The third-order valence-electron chi connectivity index (χ3n) is 3.87. The summed E-state index contributed by atoms with van der Waals surface area (Å²) in [6.45, 7) is 3.65. The molecule has 0 aromatic heterocycles. The fourth-order valence-electron chi connectivity index (χ4n) is 2.38. The molecule has 0 aliphatic rings. The number of amides is 1. The second-order valence-corrected chi connectivity index (χ2v) is 6.13. The molecule has 27 heavy (non-hydrogen) atoms. The normalized spacial score (nSPS) is 11.4. The summed E-state index contributed by atoms with van der Waals surface area (Å²) in [4.78, 5) is 23.8. The van der Waals surface area contributed by atoms with Crippen molar-refractivity contribution in [3.8, 4) is 11.5 Å². The summed E-state index contributed by atoms with van der Waals surface area (Å²) in [5, 5.41) is 2.72. The van der Waals surface area contributed by atoms with Crippen molar-refractivity contribution in [2.24, 2.45) is 0 Å². The molecule has 2 aromatic rings. The zero-order valence-corrected chi connectivity index (χ0v) is 15.9. The van der Waals surface area contributed by atoms with Crippen LogP contribution in [0.5, 0.6) is 11.5 Å². The summed E-state index contributed by atoms with van der Waals surface area (Å²) in [5.74, 6) is 0.446. The minimum absolute atomic E-state index is 0.330. The van der Waals surface area contributed by atoms with E-state index >= 15 is 0 Å². The molecule has 0 unspecified atom stereocenters. The zero-order chi connectivity index (χ0) is 19.6. The summed E-state index contributed by atoms with van der Waals surface area (Å²) < 4.78 is 15.6. The van der Waals surface area contributed by atoms with Crippen molar-refractivity contribution < 1.29 is 23.8 Å². The van der Waals surface area contributed by atoms with E-state index in [1.807, 2.05) is 49.4 Å². The summed E-state index contributed by atoms with van der Waals surface area (Å²) in [6.07, 6.45) is -0.116. The Morgan fingerprint density at radius 3 is 2.48 bits per heavy atom. The van der Waals surface area contributed by atoms with Gasteiger partial charge >= 0.3 is 5.97 Å². The topological polar surface area (TPSA) is 73.9 Å². The van der Waals surface area contributed by atoms with E-state index in [0.29, 0.717) is 18.7 Å². The van der Waals surface area contributed by atoms with Crippen LogP contribution in [0.4, 0.5) is 0 Å². The molecule has 144 valence electrons. The quantitative estimate of drug-likeness (QED) is 0.686. The fraction of sp³-hybridized carbons (Fsp3) is 0.333. The molecule has 0 saturated carbocycles. The third kappa shape index (κ3) is 7.01. The number of carbonyl (C=O) groups excluding carboxylic acids is 2. The van der Waals surface area contributed by atoms with Crippen molar-refractivity contribution >= 4 is 11.9 Å². The first-order chi connectivity index (χ1) is 13.0. The molecule has 0 saturated heterocycles. The Morgan fingerprint density at radius 2 is 1.81 bits per heavy atom. The Bertz CT molecular complexity index is 757. The lowest BCUT2D eigenvalue weighted by Gasteiger charge is -2.14. The van der Waals surface area contributed by atoms with Crippen LogP contribution < -0.4 is 14.8 Å². The Morgan fingerprint density at radius 1 is 1.07 bits per heavy atom. The maximum atomic E-state index is 12.0. The van der Waals surface area contributed by atoms with Crippen molar-refractivity contribution in [2.75, 3.05) is 20.3 Å². The molecular weight excluding hydrogens is 346 g/mol. The Labute approximate surface area is 159 Å². The molecule has 0 heterocycles. The van der Waals surface area contributed by atoms with Crippen LogP contribution in [0.2, 0.25) is 0 Å². The third-order valence-corrected chi connectivity index (χ3v) is 3.87. The molecule has 6 nitrogen and oxygen atoms in total. The van der Waals surface area contributed by atoms with Crippen LogP contribution in [-0.2, 0) is 20.7 Å². The number of ether oxygens (including phenoxy) is 3. The largest absolute Gasteiger partial charge is 0.497 e. The van der Waals surface area contributed by atoms with Gasteiger partial charge in [0.25, 0.3) is 5.91 Å². The van der Waals surface area contributed by atoms with Gasteiger partial charge in [0, 0.05) is 6.54 Å². The summed E-state index contributed by atoms with van der Waals surface area (Å²) in [5.41, 5.74) is 2.11. The molecule has 1 amide bonds. The summed E-state index contributed by atoms with van der Waals surface area (Å²) in [6, 6.07) is 15.0. The molecular formula is C21H25NO5. The van der Waals surface area contributed by atoms with Gasteiger partial charge in [-0.1, -0.05) is 24.3 Å². The van der Waals surface area contributed by atoms with Gasteiger partial charge in [-0.15, -0.1) is 0 Å². The van der Waals surface area contributed by atoms with Crippen molar-refractivity contribution in [1.29, 1.82) is 0 Å². The number of hydrogen-bond acceptors (Lipinski definition) is 5. The number of rotatable bonds is 9. The average molecular weight is 371 g/mol. The predicted octanol–water partition coefficient (Wildman–Crippen LogP) is 2.67. The molecule has 0 radical (unpaired) electrons. The molecule has 1 N–H and O–H groups in total. The highest BCUT2D eigenvalue weighted by atomic mass is 16.6. The van der Waals surface area contributed by atoms with E-state index < -0.39 is 12.1 Å². The van der Waals surface area contributed by atoms with Crippen LogP contribution in [0, 0.1) is 6.92 Å². The van der Waals surface area contributed by atoms with Crippen molar-refractivity contribution in [3.63, 3.8) is 0 Å². The molecule has 0 aliphatic heterocycles. The predicted molar refractivity (Wildman–Crippen MR) is 102 cm³/mol. The number of benzene rings is 2. The molecule has 2 rings (SSSR count). The number of nitrogens with one attached hydrogen (secondary N) is 1. The van der Waals surface area contributed by atoms with Gasteiger partial charge in [-0.25, -0.2) is 4.79 Å². The van der Waals surface area contributed by atoms with E-state index in [1.54, 1.807) is 20.1 Å². The van der Waals surface area contributed by atoms with Gasteiger partial charge in [-0.2, -0.15) is 0 Å². The first kappa shape index (κ1) is 20.3. The minimum atomic E-state index is -0.793. The van der Waals surface area contributed by atoms with Crippen LogP contribution in [0.1, 0.15) is 18.1 Å². The van der Waals surface area contributed by atoms with Crippen LogP contribution in [0.15, 0.2) is 48.5 Å². The van der Waals surface area contributed by atoms with E-state index in [-0.39, 0.29) is 12.5 Å². The minimum Gasteiger partial charge on any atom is -0.497 e.